The SMILES string of the molecule is O=C(Nc1ccc(S(=O)(=O)Nc2nccs2)cc1)[C@H]1C[C@@H]2CC[C@@H]1C2. The van der Waals surface area contributed by atoms with Gasteiger partial charge in [0, 0.05) is 23.2 Å². The summed E-state index contributed by atoms with van der Waals surface area (Å²) in [6, 6.07) is 6.24. The number of nitrogens with one attached hydrogen (secondary N) is 2. The van der Waals surface area contributed by atoms with Crippen molar-refractivity contribution in [1.29, 1.82) is 0 Å². The van der Waals surface area contributed by atoms with Gasteiger partial charge >= 0.3 is 0 Å². The van der Waals surface area contributed by atoms with E-state index in [0.717, 1.165) is 12.8 Å². The summed E-state index contributed by atoms with van der Waals surface area (Å²) in [7, 11) is -3.67. The van der Waals surface area contributed by atoms with Gasteiger partial charge in [-0.15, -0.1) is 11.3 Å². The Morgan fingerprint density at radius 3 is 2.56 bits per heavy atom. The van der Waals surface area contributed by atoms with E-state index < -0.39 is 10.0 Å². The highest BCUT2D eigenvalue weighted by atomic mass is 32.2. The summed E-state index contributed by atoms with van der Waals surface area (Å²) in [5, 5.41) is 4.96. The second kappa shape index (κ2) is 6.42. The largest absolute Gasteiger partial charge is 0.326 e. The fraction of sp³-hybridized carbons (Fsp3) is 0.412. The number of fused-ring (bicyclic) bond motifs is 2. The zero-order chi connectivity index (χ0) is 17.4. The summed E-state index contributed by atoms with van der Waals surface area (Å²) < 4.78 is 27.0. The van der Waals surface area contributed by atoms with E-state index >= 15 is 0 Å². The van der Waals surface area contributed by atoms with E-state index in [1.807, 2.05) is 0 Å². The predicted molar refractivity (Wildman–Crippen MR) is 96.9 cm³/mol. The molecule has 132 valence electrons. The Morgan fingerprint density at radius 1 is 1.16 bits per heavy atom. The van der Waals surface area contributed by atoms with Crippen LogP contribution in [0.4, 0.5) is 10.8 Å². The van der Waals surface area contributed by atoms with Gasteiger partial charge in [-0.2, -0.15) is 0 Å². The van der Waals surface area contributed by atoms with Crippen molar-refractivity contribution in [3.63, 3.8) is 0 Å². The monoisotopic (exact) mass is 377 g/mol. The summed E-state index contributed by atoms with van der Waals surface area (Å²) in [5.74, 6) is 1.40. The van der Waals surface area contributed by atoms with Crippen LogP contribution in [0.1, 0.15) is 25.7 Å². The summed E-state index contributed by atoms with van der Waals surface area (Å²) in [6.07, 6.45) is 6.12. The van der Waals surface area contributed by atoms with E-state index in [1.54, 1.807) is 17.5 Å². The number of benzene rings is 1. The number of carbonyl (C=O) groups is 1. The quantitative estimate of drug-likeness (QED) is 0.837. The van der Waals surface area contributed by atoms with Crippen molar-refractivity contribution >= 4 is 38.1 Å². The number of rotatable bonds is 5. The molecule has 1 amide bonds. The normalized spacial score (nSPS) is 25.0. The topological polar surface area (TPSA) is 88.2 Å². The van der Waals surface area contributed by atoms with Crippen LogP contribution in [0.3, 0.4) is 0 Å². The summed E-state index contributed by atoms with van der Waals surface area (Å²) in [4.78, 5) is 16.5. The van der Waals surface area contributed by atoms with Crippen molar-refractivity contribution < 1.29 is 13.2 Å². The van der Waals surface area contributed by atoms with Gasteiger partial charge in [-0.3, -0.25) is 9.52 Å². The second-order valence-corrected chi connectivity index (χ2v) is 9.31. The van der Waals surface area contributed by atoms with Crippen molar-refractivity contribution in [2.75, 3.05) is 10.0 Å². The maximum atomic E-state index is 12.4. The van der Waals surface area contributed by atoms with Gasteiger partial charge in [0.1, 0.15) is 0 Å². The molecule has 2 fully saturated rings. The van der Waals surface area contributed by atoms with Gasteiger partial charge in [0.05, 0.1) is 4.90 Å². The van der Waals surface area contributed by atoms with Crippen LogP contribution in [0.15, 0.2) is 40.7 Å². The van der Waals surface area contributed by atoms with Crippen LogP contribution in [0, 0.1) is 17.8 Å². The number of thiazole rings is 1. The predicted octanol–water partition coefficient (Wildman–Crippen LogP) is 3.32. The highest BCUT2D eigenvalue weighted by Gasteiger charge is 2.43. The molecule has 1 heterocycles. The third kappa shape index (κ3) is 3.41. The van der Waals surface area contributed by atoms with Crippen LogP contribution in [-0.2, 0) is 14.8 Å². The molecule has 25 heavy (non-hydrogen) atoms. The molecule has 2 bridgehead atoms. The van der Waals surface area contributed by atoms with Crippen LogP contribution in [0.25, 0.3) is 0 Å². The van der Waals surface area contributed by atoms with Crippen LogP contribution >= 0.6 is 11.3 Å². The number of aromatic nitrogens is 1. The van der Waals surface area contributed by atoms with Crippen LogP contribution in [0.2, 0.25) is 0 Å². The number of hydrogen-bond acceptors (Lipinski definition) is 5. The smallest absolute Gasteiger partial charge is 0.263 e. The van der Waals surface area contributed by atoms with Crippen LogP contribution in [-0.4, -0.2) is 19.3 Å². The number of sulfonamides is 1. The minimum Gasteiger partial charge on any atom is -0.326 e. The zero-order valence-electron chi connectivity index (χ0n) is 13.5. The Balaban J connectivity index is 1.42. The lowest BCUT2D eigenvalue weighted by atomic mass is 9.88. The van der Waals surface area contributed by atoms with Crippen molar-refractivity contribution in [1.82, 2.24) is 4.98 Å². The minimum absolute atomic E-state index is 0.0590. The molecular formula is C17H19N3O3S2. The number of hydrogen-bond donors (Lipinski definition) is 2. The summed E-state index contributed by atoms with van der Waals surface area (Å²) >= 11 is 1.22. The van der Waals surface area contributed by atoms with Gasteiger partial charge in [0.15, 0.2) is 5.13 Å². The maximum absolute atomic E-state index is 12.4. The molecule has 2 aromatic rings. The van der Waals surface area contributed by atoms with Gasteiger partial charge in [-0.1, -0.05) is 6.42 Å². The first-order valence-corrected chi connectivity index (χ1v) is 10.7. The zero-order valence-corrected chi connectivity index (χ0v) is 15.1. The van der Waals surface area contributed by atoms with Crippen molar-refractivity contribution in [2.24, 2.45) is 17.8 Å². The summed E-state index contributed by atoms with van der Waals surface area (Å²) in [6.45, 7) is 0. The van der Waals surface area contributed by atoms with Crippen molar-refractivity contribution in [2.45, 2.75) is 30.6 Å². The molecule has 2 aliphatic rings. The molecule has 0 spiro atoms. The number of nitrogens with zero attached hydrogens (tertiary/aromatic N) is 1. The fourth-order valence-electron chi connectivity index (χ4n) is 3.97. The molecule has 0 unspecified atom stereocenters. The molecule has 8 heteroatoms. The summed E-state index contributed by atoms with van der Waals surface area (Å²) in [5.41, 5.74) is 0.626. The molecule has 3 atom stereocenters. The van der Waals surface area contributed by atoms with Gasteiger partial charge < -0.3 is 5.32 Å². The maximum Gasteiger partial charge on any atom is 0.263 e. The van der Waals surface area contributed by atoms with E-state index in [0.29, 0.717) is 22.7 Å². The average Bonchev–Trinajstić information content (AvgIpc) is 3.32. The van der Waals surface area contributed by atoms with Crippen molar-refractivity contribution in [3.8, 4) is 0 Å². The van der Waals surface area contributed by atoms with Crippen molar-refractivity contribution in [3.05, 3.63) is 35.8 Å². The fourth-order valence-corrected chi connectivity index (χ4v) is 5.75. The second-order valence-electron chi connectivity index (χ2n) is 6.74. The molecule has 1 aromatic carbocycles. The standard InChI is InChI=1S/C17H19N3O3S2/c21-16(15-10-11-1-2-12(15)9-11)19-13-3-5-14(6-4-13)25(22,23)20-17-18-7-8-24-17/h3-8,11-12,15H,1-2,9-10H2,(H,18,20)(H,19,21)/t11-,12-,15+/m1/s1. The Bertz CT molecular complexity index is 863. The Morgan fingerprint density at radius 2 is 1.96 bits per heavy atom. The third-order valence-electron chi connectivity index (χ3n) is 5.16. The van der Waals surface area contributed by atoms with Gasteiger partial charge in [-0.05, 0) is 55.4 Å². The van der Waals surface area contributed by atoms with E-state index in [2.05, 4.69) is 15.0 Å². The molecule has 0 saturated heterocycles. The average molecular weight is 377 g/mol. The van der Waals surface area contributed by atoms with Crippen LogP contribution < -0.4 is 10.0 Å². The first-order valence-electron chi connectivity index (χ1n) is 8.34. The number of amides is 1. The lowest BCUT2D eigenvalue weighted by Gasteiger charge is -2.20. The van der Waals surface area contributed by atoms with Gasteiger partial charge in [0.2, 0.25) is 5.91 Å². The molecule has 1 aromatic heterocycles. The molecule has 0 aliphatic heterocycles. The number of anilines is 2. The Hall–Kier alpha value is -1.93. The first kappa shape index (κ1) is 16.5. The highest BCUT2D eigenvalue weighted by molar-refractivity contribution is 7.93. The third-order valence-corrected chi connectivity index (χ3v) is 7.33. The Labute approximate surface area is 150 Å². The molecule has 6 nitrogen and oxygen atoms in total. The van der Waals surface area contributed by atoms with E-state index in [-0.39, 0.29) is 16.7 Å². The minimum atomic E-state index is -3.67. The molecule has 2 aliphatic carbocycles. The van der Waals surface area contributed by atoms with Crippen LogP contribution in [0.5, 0.6) is 0 Å². The molecule has 0 radical (unpaired) electrons. The van der Waals surface area contributed by atoms with E-state index in [9.17, 15) is 13.2 Å². The lowest BCUT2D eigenvalue weighted by Crippen LogP contribution is -2.27. The van der Waals surface area contributed by atoms with Gasteiger partial charge in [-0.25, -0.2) is 13.4 Å². The lowest BCUT2D eigenvalue weighted by molar-refractivity contribution is -0.121. The van der Waals surface area contributed by atoms with E-state index in [4.69, 9.17) is 0 Å². The van der Waals surface area contributed by atoms with Gasteiger partial charge in [0.25, 0.3) is 10.0 Å². The Kier molecular flexibility index (Phi) is 4.24. The highest BCUT2D eigenvalue weighted by Crippen LogP contribution is 2.48. The molecule has 4 rings (SSSR count). The molecule has 2 saturated carbocycles. The molecule has 2 N–H and O–H groups in total. The van der Waals surface area contributed by atoms with E-state index in [1.165, 1.54) is 42.5 Å². The first-order chi connectivity index (χ1) is 12.0. The molecular weight excluding hydrogens is 358 g/mol. The number of carbonyl (C=O) groups excluding carboxylic acids is 1.